The van der Waals surface area contributed by atoms with Gasteiger partial charge in [-0.3, -0.25) is 19.0 Å². The highest BCUT2D eigenvalue weighted by Crippen LogP contribution is 2.39. The molecule has 1 aliphatic heterocycles. The fourth-order valence-corrected chi connectivity index (χ4v) is 6.33. The molecule has 4 rings (SSSR count). The number of anilines is 1. The minimum absolute atomic E-state index is 0.0972. The number of imidazole rings is 1. The molecule has 0 spiro atoms. The molecule has 2 aliphatic rings. The standard InChI is InChI=1S/C31H42N6O8/c1-7-17(10-19-25(41)26(42)29(45-19)37-13-35-22-27(32)33-12-34-28(22)37)8-9-18(30(43)44)36-20(38)11-31(5,6)21-16(4)23(39)14(2)15(3)24(21)40/h12-13,17-19,25-26,29,41-42H,7-11H2,1-6H3,(H,36,38)(H,43,44)(H2,32,33,34)/t17-,18?,19+,25?,26-,29+/m0/s1. The molecule has 2 unspecified atom stereocenters. The molecule has 0 bridgehead atoms. The molecule has 0 radical (unpaired) electrons. The van der Waals surface area contributed by atoms with E-state index in [2.05, 4.69) is 20.3 Å². The van der Waals surface area contributed by atoms with Gasteiger partial charge < -0.3 is 31.1 Å². The van der Waals surface area contributed by atoms with Crippen molar-refractivity contribution in [3.05, 3.63) is 34.9 Å². The number of carbonyl (C=O) groups is 4. The van der Waals surface area contributed by atoms with Gasteiger partial charge in [0.2, 0.25) is 5.91 Å². The monoisotopic (exact) mass is 626 g/mol. The topological polar surface area (TPSA) is 220 Å². The average Bonchev–Trinajstić information content (AvgIpc) is 3.53. The van der Waals surface area contributed by atoms with Gasteiger partial charge in [-0.05, 0) is 46.0 Å². The van der Waals surface area contributed by atoms with Crippen LogP contribution in [-0.2, 0) is 23.9 Å². The van der Waals surface area contributed by atoms with Crippen LogP contribution in [0.5, 0.6) is 0 Å². The van der Waals surface area contributed by atoms with Gasteiger partial charge in [0.05, 0.1) is 12.4 Å². The fraction of sp³-hybridized carbons (Fsp3) is 0.581. The van der Waals surface area contributed by atoms with Crippen molar-refractivity contribution >= 4 is 40.4 Å². The first-order valence-electron chi connectivity index (χ1n) is 15.0. The molecule has 1 amide bonds. The van der Waals surface area contributed by atoms with Gasteiger partial charge in [0.1, 0.15) is 30.1 Å². The number of ketones is 2. The fourth-order valence-electron chi connectivity index (χ4n) is 6.33. The number of nitrogens with one attached hydrogen (secondary N) is 1. The Labute approximate surface area is 260 Å². The van der Waals surface area contributed by atoms with Crippen LogP contribution in [0.1, 0.15) is 79.9 Å². The van der Waals surface area contributed by atoms with E-state index in [1.807, 2.05) is 6.92 Å². The minimum atomic E-state index is -1.27. The molecule has 1 fully saturated rings. The number of ether oxygens (including phenoxy) is 1. The maximum atomic E-state index is 13.1. The van der Waals surface area contributed by atoms with Gasteiger partial charge in [-0.1, -0.05) is 27.2 Å². The highest BCUT2D eigenvalue weighted by Gasteiger charge is 2.45. The molecule has 2 aromatic heterocycles. The predicted molar refractivity (Wildman–Crippen MR) is 162 cm³/mol. The third-order valence-corrected chi connectivity index (χ3v) is 9.10. The SMILES string of the molecule is CC[C@@H](CCC(NC(=O)CC(C)(C)C1=C(C)C(=O)C(C)=C(C)C1=O)C(=O)O)C[C@H]1O[C@@H](n2cnc3c(N)ncnc32)[C@@H](O)C1O. The molecule has 6 N–H and O–H groups in total. The maximum absolute atomic E-state index is 13.1. The number of carboxylic acid groups (broad SMARTS) is 1. The number of allylic oxidation sites excluding steroid dienone is 4. The Kier molecular flexibility index (Phi) is 9.90. The van der Waals surface area contributed by atoms with Crippen molar-refractivity contribution in [3.63, 3.8) is 0 Å². The van der Waals surface area contributed by atoms with Crippen LogP contribution in [0.25, 0.3) is 11.2 Å². The van der Waals surface area contributed by atoms with Gasteiger partial charge in [0, 0.05) is 34.1 Å². The van der Waals surface area contributed by atoms with Gasteiger partial charge >= 0.3 is 5.97 Å². The number of nitrogen functional groups attached to an aromatic ring is 1. The number of nitrogens with zero attached hydrogens (tertiary/aromatic N) is 4. The Morgan fingerprint density at radius 3 is 2.36 bits per heavy atom. The normalized spacial score (nSPS) is 24.0. The number of fused-ring (bicyclic) bond motifs is 1. The lowest BCUT2D eigenvalue weighted by atomic mass is 9.71. The second-order valence-corrected chi connectivity index (χ2v) is 12.6. The van der Waals surface area contributed by atoms with Crippen LogP contribution in [0, 0.1) is 11.3 Å². The smallest absolute Gasteiger partial charge is 0.326 e. The number of aliphatic carboxylic acids is 1. The largest absolute Gasteiger partial charge is 0.480 e. The van der Waals surface area contributed by atoms with E-state index >= 15 is 0 Å². The molecular formula is C31H42N6O8. The molecule has 0 aromatic carbocycles. The van der Waals surface area contributed by atoms with Crippen molar-refractivity contribution in [1.82, 2.24) is 24.8 Å². The van der Waals surface area contributed by atoms with E-state index in [9.17, 15) is 34.5 Å². The lowest BCUT2D eigenvalue weighted by molar-refractivity contribution is -0.142. The number of aliphatic hydroxyl groups is 2. The Morgan fingerprint density at radius 2 is 1.71 bits per heavy atom. The van der Waals surface area contributed by atoms with Crippen molar-refractivity contribution in [2.45, 2.75) is 104 Å². The first-order chi connectivity index (χ1) is 21.1. The van der Waals surface area contributed by atoms with Crippen LogP contribution in [0.2, 0.25) is 0 Å². The zero-order valence-electron chi connectivity index (χ0n) is 26.4. The molecule has 14 nitrogen and oxygen atoms in total. The summed E-state index contributed by atoms with van der Waals surface area (Å²) in [6.07, 6.45) is -0.250. The van der Waals surface area contributed by atoms with E-state index in [0.717, 1.165) is 0 Å². The van der Waals surface area contributed by atoms with Gasteiger partial charge in [0.25, 0.3) is 0 Å². The van der Waals surface area contributed by atoms with E-state index in [4.69, 9.17) is 10.5 Å². The lowest BCUT2D eigenvalue weighted by Crippen LogP contribution is -2.43. The zero-order chi connectivity index (χ0) is 33.4. The molecule has 2 aromatic rings. The summed E-state index contributed by atoms with van der Waals surface area (Å²) in [7, 11) is 0. The van der Waals surface area contributed by atoms with E-state index in [1.54, 1.807) is 34.6 Å². The third-order valence-electron chi connectivity index (χ3n) is 9.10. The number of rotatable bonds is 12. The molecule has 3 heterocycles. The first-order valence-corrected chi connectivity index (χ1v) is 15.0. The highest BCUT2D eigenvalue weighted by molar-refractivity contribution is 6.25. The van der Waals surface area contributed by atoms with Gasteiger partial charge in [-0.2, -0.15) is 0 Å². The van der Waals surface area contributed by atoms with Crippen LogP contribution in [-0.4, -0.2) is 82.6 Å². The molecule has 1 aliphatic carbocycles. The third kappa shape index (κ3) is 6.67. The number of aromatic nitrogens is 4. The molecule has 14 heteroatoms. The van der Waals surface area contributed by atoms with Gasteiger partial charge in [-0.25, -0.2) is 19.7 Å². The van der Waals surface area contributed by atoms with E-state index in [-0.39, 0.29) is 41.7 Å². The highest BCUT2D eigenvalue weighted by atomic mass is 16.6. The summed E-state index contributed by atoms with van der Waals surface area (Å²) < 4.78 is 7.55. The maximum Gasteiger partial charge on any atom is 0.326 e. The van der Waals surface area contributed by atoms with Gasteiger partial charge in [-0.15, -0.1) is 0 Å². The number of amides is 1. The summed E-state index contributed by atoms with van der Waals surface area (Å²) in [5.41, 5.74) is 6.83. The number of aliphatic hydroxyl groups excluding tert-OH is 2. The van der Waals surface area contributed by atoms with Crippen LogP contribution >= 0.6 is 0 Å². The number of carbonyl (C=O) groups excluding carboxylic acids is 3. The van der Waals surface area contributed by atoms with E-state index in [1.165, 1.54) is 17.2 Å². The van der Waals surface area contributed by atoms with Crippen molar-refractivity contribution in [3.8, 4) is 0 Å². The quantitative estimate of drug-likeness (QED) is 0.214. The zero-order valence-corrected chi connectivity index (χ0v) is 26.4. The first kappa shape index (κ1) is 33.9. The van der Waals surface area contributed by atoms with Crippen molar-refractivity contribution < 1.29 is 39.2 Å². The van der Waals surface area contributed by atoms with E-state index in [0.29, 0.717) is 47.1 Å². The van der Waals surface area contributed by atoms with E-state index < -0.39 is 47.9 Å². The second-order valence-electron chi connectivity index (χ2n) is 12.6. The molecular weight excluding hydrogens is 584 g/mol. The number of nitrogens with two attached hydrogens (primary N) is 1. The predicted octanol–water partition coefficient (Wildman–Crippen LogP) is 2.01. The second kappa shape index (κ2) is 13.2. The van der Waals surface area contributed by atoms with Gasteiger partial charge in [0.15, 0.2) is 29.3 Å². The Balaban J connectivity index is 1.38. The molecule has 1 saturated heterocycles. The number of carboxylic acids is 1. The van der Waals surface area contributed by atoms with Crippen molar-refractivity contribution in [2.24, 2.45) is 11.3 Å². The summed E-state index contributed by atoms with van der Waals surface area (Å²) in [5.74, 6) is -2.21. The summed E-state index contributed by atoms with van der Waals surface area (Å²) in [4.78, 5) is 63.2. The number of hydrogen-bond acceptors (Lipinski definition) is 11. The summed E-state index contributed by atoms with van der Waals surface area (Å²) >= 11 is 0. The Bertz CT molecular complexity index is 1580. The number of Topliss-reactive ketones (excluding diaryl/α,β-unsaturated/α-hetero) is 2. The van der Waals surface area contributed by atoms with Crippen LogP contribution < -0.4 is 11.1 Å². The molecule has 244 valence electrons. The lowest BCUT2D eigenvalue weighted by Gasteiger charge is -2.31. The number of hydrogen-bond donors (Lipinski definition) is 5. The summed E-state index contributed by atoms with van der Waals surface area (Å²) in [6, 6.07) is -1.19. The van der Waals surface area contributed by atoms with Crippen molar-refractivity contribution in [1.29, 1.82) is 0 Å². The minimum Gasteiger partial charge on any atom is -0.480 e. The molecule has 6 atom stereocenters. The van der Waals surface area contributed by atoms with Crippen LogP contribution in [0.4, 0.5) is 5.82 Å². The Hall–Kier alpha value is -4.01. The summed E-state index contributed by atoms with van der Waals surface area (Å²) in [6.45, 7) is 10.1. The average molecular weight is 627 g/mol. The molecule has 0 saturated carbocycles. The molecule has 45 heavy (non-hydrogen) atoms. The Morgan fingerprint density at radius 1 is 1.04 bits per heavy atom. The van der Waals surface area contributed by atoms with Crippen molar-refractivity contribution in [2.75, 3.05) is 5.73 Å². The van der Waals surface area contributed by atoms with Crippen LogP contribution in [0.3, 0.4) is 0 Å². The van der Waals surface area contributed by atoms with Crippen LogP contribution in [0.15, 0.2) is 34.9 Å². The summed E-state index contributed by atoms with van der Waals surface area (Å²) in [5, 5.41) is 34.1.